The summed E-state index contributed by atoms with van der Waals surface area (Å²) in [6, 6.07) is 15.0. The molecule has 0 radical (unpaired) electrons. The summed E-state index contributed by atoms with van der Waals surface area (Å²) in [5.74, 6) is -0.828. The maximum absolute atomic E-state index is 12.6. The number of ether oxygens (including phenoxy) is 1. The van der Waals surface area contributed by atoms with Crippen LogP contribution in [-0.4, -0.2) is 26.8 Å². The molecule has 0 saturated carbocycles. The molecule has 0 aliphatic rings. The van der Waals surface area contributed by atoms with Crippen LogP contribution in [0.3, 0.4) is 0 Å². The fourth-order valence-corrected chi connectivity index (χ4v) is 3.00. The van der Waals surface area contributed by atoms with Crippen LogP contribution in [0, 0.1) is 0 Å². The predicted octanol–water partition coefficient (Wildman–Crippen LogP) is 4.25. The molecule has 3 aromatic rings. The van der Waals surface area contributed by atoms with Gasteiger partial charge < -0.3 is 15.2 Å². The van der Waals surface area contributed by atoms with Crippen molar-refractivity contribution in [2.45, 2.75) is 32.8 Å². The van der Waals surface area contributed by atoms with Crippen LogP contribution in [0.1, 0.15) is 52.7 Å². The van der Waals surface area contributed by atoms with Gasteiger partial charge in [-0.25, -0.2) is 4.79 Å². The maximum atomic E-state index is 12.6. The van der Waals surface area contributed by atoms with E-state index >= 15 is 0 Å². The average molecular weight is 407 g/mol. The van der Waals surface area contributed by atoms with Gasteiger partial charge in [0, 0.05) is 12.6 Å². The van der Waals surface area contributed by atoms with Gasteiger partial charge in [0.1, 0.15) is 12.4 Å². The molecule has 0 atom stereocenters. The van der Waals surface area contributed by atoms with E-state index in [0.717, 1.165) is 11.3 Å². The SMILES string of the molecule is Cn1ncc(NC(=O)c2cccc(COc3ccc(C(C)(C)C)cc3)c2)c1C(=O)O. The molecule has 3 rings (SSSR count). The molecular weight excluding hydrogens is 382 g/mol. The van der Waals surface area contributed by atoms with Crippen molar-refractivity contribution in [3.8, 4) is 5.75 Å². The van der Waals surface area contributed by atoms with Crippen molar-refractivity contribution >= 4 is 17.6 Å². The summed E-state index contributed by atoms with van der Waals surface area (Å²) in [6.07, 6.45) is 1.32. The number of nitrogens with one attached hydrogen (secondary N) is 1. The molecule has 1 aromatic heterocycles. The van der Waals surface area contributed by atoms with Crippen molar-refractivity contribution in [3.63, 3.8) is 0 Å². The Morgan fingerprint density at radius 2 is 1.83 bits per heavy atom. The first-order chi connectivity index (χ1) is 14.1. The van der Waals surface area contributed by atoms with Crippen LogP contribution < -0.4 is 10.1 Å². The summed E-state index contributed by atoms with van der Waals surface area (Å²) in [5, 5.41) is 15.8. The third-order valence-electron chi connectivity index (χ3n) is 4.70. The Bertz CT molecular complexity index is 1060. The Balaban J connectivity index is 1.67. The van der Waals surface area contributed by atoms with E-state index in [1.165, 1.54) is 23.5 Å². The van der Waals surface area contributed by atoms with Gasteiger partial charge >= 0.3 is 5.97 Å². The molecular formula is C23H25N3O4. The highest BCUT2D eigenvalue weighted by atomic mass is 16.5. The van der Waals surface area contributed by atoms with Gasteiger partial charge in [-0.1, -0.05) is 45.0 Å². The van der Waals surface area contributed by atoms with E-state index in [-0.39, 0.29) is 16.8 Å². The van der Waals surface area contributed by atoms with E-state index in [1.54, 1.807) is 18.2 Å². The number of hydrogen-bond donors (Lipinski definition) is 2. The van der Waals surface area contributed by atoms with Crippen molar-refractivity contribution in [2.75, 3.05) is 5.32 Å². The van der Waals surface area contributed by atoms with Gasteiger partial charge in [0.15, 0.2) is 5.69 Å². The van der Waals surface area contributed by atoms with Crippen molar-refractivity contribution in [2.24, 2.45) is 7.05 Å². The molecule has 0 aliphatic carbocycles. The molecule has 7 nitrogen and oxygen atoms in total. The molecule has 0 bridgehead atoms. The number of aromatic nitrogens is 2. The molecule has 30 heavy (non-hydrogen) atoms. The van der Waals surface area contributed by atoms with E-state index < -0.39 is 11.9 Å². The quantitative estimate of drug-likeness (QED) is 0.637. The molecule has 1 heterocycles. The lowest BCUT2D eigenvalue weighted by Crippen LogP contribution is -2.15. The second-order valence-corrected chi connectivity index (χ2v) is 8.05. The second kappa shape index (κ2) is 8.41. The van der Waals surface area contributed by atoms with E-state index in [2.05, 4.69) is 31.2 Å². The summed E-state index contributed by atoms with van der Waals surface area (Å²) in [5.41, 5.74) is 2.60. The first kappa shape index (κ1) is 21.1. The summed E-state index contributed by atoms with van der Waals surface area (Å²) in [4.78, 5) is 23.9. The zero-order valence-corrected chi connectivity index (χ0v) is 17.5. The highest BCUT2D eigenvalue weighted by Gasteiger charge is 2.18. The Hall–Kier alpha value is -3.61. The molecule has 2 N–H and O–H groups in total. The number of nitrogens with zero attached hydrogens (tertiary/aromatic N) is 2. The number of rotatable bonds is 6. The smallest absolute Gasteiger partial charge is 0.356 e. The Labute approximate surface area is 175 Å². The van der Waals surface area contributed by atoms with Crippen LogP contribution in [-0.2, 0) is 19.1 Å². The fraction of sp³-hybridized carbons (Fsp3) is 0.261. The number of amides is 1. The van der Waals surface area contributed by atoms with Gasteiger partial charge in [-0.3, -0.25) is 9.48 Å². The number of carbonyl (C=O) groups is 2. The van der Waals surface area contributed by atoms with Crippen LogP contribution >= 0.6 is 0 Å². The lowest BCUT2D eigenvalue weighted by atomic mass is 9.87. The third kappa shape index (κ3) is 4.86. The Morgan fingerprint density at radius 1 is 1.13 bits per heavy atom. The standard InChI is InChI=1S/C23H25N3O4/c1-23(2,3)17-8-10-18(11-9-17)30-14-15-6-5-7-16(12-15)21(27)25-19-13-24-26(4)20(19)22(28)29/h5-13H,14H2,1-4H3,(H,25,27)(H,28,29). The largest absolute Gasteiger partial charge is 0.489 e. The number of anilines is 1. The van der Waals surface area contributed by atoms with E-state index in [9.17, 15) is 14.7 Å². The van der Waals surface area contributed by atoms with Gasteiger partial charge in [-0.05, 0) is 40.8 Å². The molecule has 0 saturated heterocycles. The summed E-state index contributed by atoms with van der Waals surface area (Å²) in [7, 11) is 1.51. The minimum atomic E-state index is -1.16. The van der Waals surface area contributed by atoms with Gasteiger partial charge in [0.25, 0.3) is 5.91 Å². The zero-order valence-electron chi connectivity index (χ0n) is 17.5. The monoisotopic (exact) mass is 407 g/mol. The van der Waals surface area contributed by atoms with Crippen LogP contribution in [0.25, 0.3) is 0 Å². The zero-order chi connectivity index (χ0) is 21.9. The Morgan fingerprint density at radius 3 is 2.47 bits per heavy atom. The summed E-state index contributed by atoms with van der Waals surface area (Å²) < 4.78 is 7.05. The fourth-order valence-electron chi connectivity index (χ4n) is 3.00. The number of aromatic carboxylic acids is 1. The molecule has 2 aromatic carbocycles. The van der Waals surface area contributed by atoms with Crippen molar-refractivity contribution < 1.29 is 19.4 Å². The van der Waals surface area contributed by atoms with Gasteiger partial charge in [0.2, 0.25) is 0 Å². The number of hydrogen-bond acceptors (Lipinski definition) is 4. The maximum Gasteiger partial charge on any atom is 0.356 e. The minimum absolute atomic E-state index is 0.0784. The van der Waals surface area contributed by atoms with E-state index in [4.69, 9.17) is 4.74 Å². The Kier molecular flexibility index (Phi) is 5.91. The molecule has 0 spiro atoms. The summed E-state index contributed by atoms with van der Waals surface area (Å²) in [6.45, 7) is 6.78. The van der Waals surface area contributed by atoms with Crippen LogP contribution in [0.15, 0.2) is 54.7 Å². The molecule has 0 unspecified atom stereocenters. The number of aryl methyl sites for hydroxylation is 1. The van der Waals surface area contributed by atoms with Crippen molar-refractivity contribution in [1.82, 2.24) is 9.78 Å². The topological polar surface area (TPSA) is 93.5 Å². The number of benzene rings is 2. The van der Waals surface area contributed by atoms with Gasteiger partial charge in [-0.2, -0.15) is 5.10 Å². The van der Waals surface area contributed by atoms with Gasteiger partial charge in [0.05, 0.1) is 11.9 Å². The highest BCUT2D eigenvalue weighted by molar-refractivity contribution is 6.07. The van der Waals surface area contributed by atoms with Crippen LogP contribution in [0.2, 0.25) is 0 Å². The normalized spacial score (nSPS) is 11.2. The molecule has 0 fully saturated rings. The summed E-state index contributed by atoms with van der Waals surface area (Å²) >= 11 is 0. The molecule has 7 heteroatoms. The van der Waals surface area contributed by atoms with Crippen molar-refractivity contribution in [1.29, 1.82) is 0 Å². The number of carboxylic acid groups (broad SMARTS) is 1. The van der Waals surface area contributed by atoms with E-state index in [0.29, 0.717) is 12.2 Å². The average Bonchev–Trinajstić information content (AvgIpc) is 3.06. The lowest BCUT2D eigenvalue weighted by molar-refractivity contribution is 0.0686. The third-order valence-corrected chi connectivity index (χ3v) is 4.70. The first-order valence-electron chi connectivity index (χ1n) is 9.54. The first-order valence-corrected chi connectivity index (χ1v) is 9.54. The van der Waals surface area contributed by atoms with Gasteiger partial charge in [-0.15, -0.1) is 0 Å². The molecule has 0 aliphatic heterocycles. The molecule has 1 amide bonds. The van der Waals surface area contributed by atoms with Crippen LogP contribution in [0.5, 0.6) is 5.75 Å². The second-order valence-electron chi connectivity index (χ2n) is 8.05. The minimum Gasteiger partial charge on any atom is -0.489 e. The number of carbonyl (C=O) groups excluding carboxylic acids is 1. The lowest BCUT2D eigenvalue weighted by Gasteiger charge is -2.19. The van der Waals surface area contributed by atoms with Crippen LogP contribution in [0.4, 0.5) is 5.69 Å². The highest BCUT2D eigenvalue weighted by Crippen LogP contribution is 2.24. The van der Waals surface area contributed by atoms with Crippen molar-refractivity contribution in [3.05, 3.63) is 77.1 Å². The molecule has 156 valence electrons. The number of carboxylic acids is 1. The van der Waals surface area contributed by atoms with E-state index in [1.807, 2.05) is 30.3 Å². The predicted molar refractivity (Wildman–Crippen MR) is 114 cm³/mol.